The summed E-state index contributed by atoms with van der Waals surface area (Å²) >= 11 is 5.88. The normalized spacial score (nSPS) is 17.3. The molecule has 1 aromatic carbocycles. The summed E-state index contributed by atoms with van der Waals surface area (Å²) in [5.41, 5.74) is 0.810. The van der Waals surface area contributed by atoms with Crippen molar-refractivity contribution in [2.24, 2.45) is 5.41 Å². The molecule has 1 unspecified atom stereocenters. The van der Waals surface area contributed by atoms with Gasteiger partial charge in [-0.2, -0.15) is 5.26 Å². The molecule has 1 aromatic rings. The summed E-state index contributed by atoms with van der Waals surface area (Å²) < 4.78 is 0. The highest BCUT2D eigenvalue weighted by Gasteiger charge is 2.32. The van der Waals surface area contributed by atoms with Crippen LogP contribution in [0.1, 0.15) is 45.1 Å². The fraction of sp³-hybridized carbons (Fsp3) is 0.526. The van der Waals surface area contributed by atoms with Gasteiger partial charge in [-0.05, 0) is 36.5 Å². The van der Waals surface area contributed by atoms with Crippen LogP contribution >= 0.6 is 11.6 Å². The summed E-state index contributed by atoms with van der Waals surface area (Å²) in [5, 5.41) is 18.5. The van der Waals surface area contributed by atoms with E-state index in [1.807, 2.05) is 6.07 Å². The average molecular weight is 377 g/mol. The summed E-state index contributed by atoms with van der Waals surface area (Å²) in [5.74, 6) is -0.0131. The number of rotatable bonds is 7. The Hall–Kier alpha value is -2.10. The van der Waals surface area contributed by atoms with E-state index in [-0.39, 0.29) is 23.3 Å². The molecule has 1 fully saturated rings. The summed E-state index contributed by atoms with van der Waals surface area (Å²) in [4.78, 5) is 23.6. The third-order valence-corrected chi connectivity index (χ3v) is 4.98. The van der Waals surface area contributed by atoms with Crippen LogP contribution in [-0.2, 0) is 9.59 Å². The van der Waals surface area contributed by atoms with Crippen LogP contribution in [0.3, 0.4) is 0 Å². The maximum absolute atomic E-state index is 12.0. The number of nitrogens with one attached hydrogen (secondary N) is 3. The summed E-state index contributed by atoms with van der Waals surface area (Å²) in [6.07, 6.45) is 2.84. The number of carbonyl (C=O) groups excluding carboxylic acids is 2. The number of amides is 2. The smallest absolute Gasteiger partial charge is 0.225 e. The minimum Gasteiger partial charge on any atom is -0.353 e. The van der Waals surface area contributed by atoms with Crippen molar-refractivity contribution in [2.75, 3.05) is 18.4 Å². The molecule has 1 aliphatic rings. The van der Waals surface area contributed by atoms with Crippen molar-refractivity contribution in [3.63, 3.8) is 0 Å². The molecule has 1 atom stereocenters. The van der Waals surface area contributed by atoms with Crippen LogP contribution in [0.5, 0.6) is 0 Å². The molecule has 6 nitrogen and oxygen atoms in total. The Kier molecular flexibility index (Phi) is 7.01. The molecule has 140 valence electrons. The van der Waals surface area contributed by atoms with Gasteiger partial charge in [0.1, 0.15) is 6.07 Å². The van der Waals surface area contributed by atoms with Crippen molar-refractivity contribution in [3.8, 4) is 6.07 Å². The topological polar surface area (TPSA) is 94.0 Å². The molecule has 1 heterocycles. The number of benzene rings is 1. The number of hydrogen-bond acceptors (Lipinski definition) is 4. The lowest BCUT2D eigenvalue weighted by molar-refractivity contribution is -0.124. The van der Waals surface area contributed by atoms with E-state index in [9.17, 15) is 9.59 Å². The number of anilines is 1. The molecule has 0 radical (unpaired) electrons. The highest BCUT2D eigenvalue weighted by atomic mass is 35.5. The Bertz CT molecular complexity index is 712. The van der Waals surface area contributed by atoms with Gasteiger partial charge in [0.15, 0.2) is 0 Å². The number of carbonyl (C=O) groups is 2. The molecule has 0 aromatic heterocycles. The van der Waals surface area contributed by atoms with Crippen LogP contribution in [0, 0.1) is 16.7 Å². The molecule has 0 bridgehead atoms. The number of piperidine rings is 1. The molecule has 26 heavy (non-hydrogen) atoms. The molecular weight excluding hydrogens is 352 g/mol. The van der Waals surface area contributed by atoms with E-state index in [1.165, 1.54) is 0 Å². The summed E-state index contributed by atoms with van der Waals surface area (Å²) in [7, 11) is 0. The standard InChI is InChI=1S/C19H25ClN4O2/c1-19(2,16-4-3-5-17(25)24-16)12-22-9-8-18(26)23-14-6-7-15(20)13(10-14)11-21/h6-7,10,16,22H,3-5,8-9,12H2,1-2H3,(H,23,26)(H,24,25). The van der Waals surface area contributed by atoms with E-state index >= 15 is 0 Å². The first-order valence-electron chi connectivity index (χ1n) is 8.81. The molecule has 1 aliphatic heterocycles. The van der Waals surface area contributed by atoms with Gasteiger partial charge in [-0.1, -0.05) is 25.4 Å². The van der Waals surface area contributed by atoms with Crippen LogP contribution in [0.4, 0.5) is 5.69 Å². The van der Waals surface area contributed by atoms with E-state index < -0.39 is 0 Å². The van der Waals surface area contributed by atoms with Crippen LogP contribution in [0.25, 0.3) is 0 Å². The average Bonchev–Trinajstić information content (AvgIpc) is 2.60. The first-order valence-corrected chi connectivity index (χ1v) is 9.19. The lowest BCUT2D eigenvalue weighted by Crippen LogP contribution is -2.51. The SMILES string of the molecule is CC(C)(CNCCC(=O)Nc1ccc(Cl)c(C#N)c1)C1CCCC(=O)N1. The highest BCUT2D eigenvalue weighted by Crippen LogP contribution is 2.26. The summed E-state index contributed by atoms with van der Waals surface area (Å²) in [6, 6.07) is 6.96. The van der Waals surface area contributed by atoms with Gasteiger partial charge in [0.2, 0.25) is 11.8 Å². The van der Waals surface area contributed by atoms with Crippen molar-refractivity contribution in [3.05, 3.63) is 28.8 Å². The third kappa shape index (κ3) is 5.72. The van der Waals surface area contributed by atoms with Gasteiger partial charge in [-0.25, -0.2) is 0 Å². The second-order valence-electron chi connectivity index (χ2n) is 7.28. The first-order chi connectivity index (χ1) is 12.3. The Morgan fingerprint density at radius 1 is 1.46 bits per heavy atom. The zero-order valence-electron chi connectivity index (χ0n) is 15.2. The van der Waals surface area contributed by atoms with Crippen molar-refractivity contribution < 1.29 is 9.59 Å². The van der Waals surface area contributed by atoms with Gasteiger partial charge in [0.05, 0.1) is 10.6 Å². The number of nitriles is 1. The van der Waals surface area contributed by atoms with E-state index in [2.05, 4.69) is 29.8 Å². The molecule has 7 heteroatoms. The van der Waals surface area contributed by atoms with Crippen LogP contribution in [0.15, 0.2) is 18.2 Å². The van der Waals surface area contributed by atoms with Crippen LogP contribution in [-0.4, -0.2) is 30.9 Å². The third-order valence-electron chi connectivity index (χ3n) is 4.66. The zero-order chi connectivity index (χ0) is 19.2. The minimum absolute atomic E-state index is 0.0789. The van der Waals surface area contributed by atoms with E-state index in [0.29, 0.717) is 42.2 Å². The predicted molar refractivity (Wildman–Crippen MR) is 102 cm³/mol. The van der Waals surface area contributed by atoms with E-state index in [0.717, 1.165) is 12.8 Å². The number of hydrogen-bond donors (Lipinski definition) is 3. The Balaban J connectivity index is 1.74. The minimum atomic E-state index is -0.132. The number of halogens is 1. The van der Waals surface area contributed by atoms with Gasteiger partial charge in [0, 0.05) is 37.7 Å². The van der Waals surface area contributed by atoms with Gasteiger partial charge in [-0.15, -0.1) is 0 Å². The second-order valence-corrected chi connectivity index (χ2v) is 7.69. The molecule has 0 aliphatic carbocycles. The van der Waals surface area contributed by atoms with Crippen LogP contribution < -0.4 is 16.0 Å². The second kappa shape index (κ2) is 9.02. The van der Waals surface area contributed by atoms with E-state index in [1.54, 1.807) is 18.2 Å². The fourth-order valence-electron chi connectivity index (χ4n) is 3.04. The highest BCUT2D eigenvalue weighted by molar-refractivity contribution is 6.31. The predicted octanol–water partition coefficient (Wildman–Crippen LogP) is 2.82. The van der Waals surface area contributed by atoms with Crippen LogP contribution in [0.2, 0.25) is 5.02 Å². The van der Waals surface area contributed by atoms with E-state index in [4.69, 9.17) is 16.9 Å². The largest absolute Gasteiger partial charge is 0.353 e. The molecule has 3 N–H and O–H groups in total. The molecular formula is C19H25ClN4O2. The van der Waals surface area contributed by atoms with Gasteiger partial charge < -0.3 is 16.0 Å². The molecule has 1 saturated heterocycles. The maximum atomic E-state index is 12.0. The molecule has 0 spiro atoms. The lowest BCUT2D eigenvalue weighted by atomic mass is 9.80. The molecule has 0 saturated carbocycles. The van der Waals surface area contributed by atoms with Crippen molar-refractivity contribution in [1.82, 2.24) is 10.6 Å². The first kappa shape index (κ1) is 20.2. The van der Waals surface area contributed by atoms with Crippen molar-refractivity contribution in [1.29, 1.82) is 5.26 Å². The Morgan fingerprint density at radius 3 is 2.92 bits per heavy atom. The monoisotopic (exact) mass is 376 g/mol. The number of nitrogens with zero attached hydrogens (tertiary/aromatic N) is 1. The van der Waals surface area contributed by atoms with Gasteiger partial charge in [-0.3, -0.25) is 9.59 Å². The van der Waals surface area contributed by atoms with Crippen molar-refractivity contribution in [2.45, 2.75) is 45.6 Å². The van der Waals surface area contributed by atoms with Gasteiger partial charge >= 0.3 is 0 Å². The quantitative estimate of drug-likeness (QED) is 0.638. The fourth-order valence-corrected chi connectivity index (χ4v) is 3.20. The zero-order valence-corrected chi connectivity index (χ0v) is 15.9. The Labute approximate surface area is 159 Å². The summed E-state index contributed by atoms with van der Waals surface area (Å²) in [6.45, 7) is 5.49. The molecule has 2 rings (SSSR count). The van der Waals surface area contributed by atoms with Gasteiger partial charge in [0.25, 0.3) is 0 Å². The Morgan fingerprint density at radius 2 is 2.23 bits per heavy atom. The lowest BCUT2D eigenvalue weighted by Gasteiger charge is -2.37. The maximum Gasteiger partial charge on any atom is 0.225 e. The van der Waals surface area contributed by atoms with Crippen molar-refractivity contribution >= 4 is 29.1 Å². The molecule has 2 amide bonds.